The van der Waals surface area contributed by atoms with Gasteiger partial charge in [-0.15, -0.1) is 11.8 Å². The third-order valence-corrected chi connectivity index (χ3v) is 4.84. The van der Waals surface area contributed by atoms with Gasteiger partial charge in [0.05, 0.1) is 10.8 Å². The van der Waals surface area contributed by atoms with Gasteiger partial charge in [0.1, 0.15) is 0 Å². The van der Waals surface area contributed by atoms with Crippen molar-refractivity contribution in [3.05, 3.63) is 59.1 Å². The van der Waals surface area contributed by atoms with Crippen LogP contribution in [-0.2, 0) is 11.0 Å². The molecule has 0 aliphatic carbocycles. The summed E-state index contributed by atoms with van der Waals surface area (Å²) in [6.45, 7) is 1.85. The second-order valence-corrected chi connectivity index (χ2v) is 6.75. The van der Waals surface area contributed by atoms with E-state index in [1.54, 1.807) is 24.3 Å². The Bertz CT molecular complexity index is 704. The quantitative estimate of drug-likeness (QED) is 0.664. The highest BCUT2D eigenvalue weighted by Gasteiger charge is 2.30. The number of amides is 1. The first-order valence-electron chi connectivity index (χ1n) is 7.20. The number of nitrogens with one attached hydrogen (secondary N) is 1. The summed E-state index contributed by atoms with van der Waals surface area (Å²) in [6, 6.07) is 11.6. The summed E-state index contributed by atoms with van der Waals surface area (Å²) >= 11 is 7.16. The van der Waals surface area contributed by atoms with Crippen LogP contribution in [0.4, 0.5) is 18.9 Å². The Morgan fingerprint density at radius 3 is 2.46 bits per heavy atom. The number of hydrogen-bond acceptors (Lipinski definition) is 2. The van der Waals surface area contributed by atoms with E-state index in [0.29, 0.717) is 11.4 Å². The van der Waals surface area contributed by atoms with Crippen molar-refractivity contribution in [1.82, 2.24) is 0 Å². The average molecular weight is 374 g/mol. The molecule has 0 radical (unpaired) electrons. The average Bonchev–Trinajstić information content (AvgIpc) is 2.53. The molecule has 128 valence electrons. The van der Waals surface area contributed by atoms with Crippen LogP contribution in [0, 0.1) is 0 Å². The largest absolute Gasteiger partial charge is 0.416 e. The number of carbonyl (C=O) groups excluding carboxylic acids is 1. The molecule has 1 amide bonds. The molecule has 0 unspecified atom stereocenters. The SMILES string of the molecule is CC[C@@H](Sc1ccc(Cl)cc1)C(=O)Nc1cccc(C(F)(F)F)c1. The number of halogens is 4. The number of thioether (sulfide) groups is 1. The molecule has 1 atom stereocenters. The Kier molecular flexibility index (Phi) is 6.18. The molecule has 2 nitrogen and oxygen atoms in total. The summed E-state index contributed by atoms with van der Waals surface area (Å²) in [5.74, 6) is -0.336. The minimum atomic E-state index is -4.44. The maximum Gasteiger partial charge on any atom is 0.416 e. The summed E-state index contributed by atoms with van der Waals surface area (Å²) < 4.78 is 38.2. The molecule has 0 spiro atoms. The molecule has 0 saturated carbocycles. The van der Waals surface area contributed by atoms with Crippen molar-refractivity contribution in [3.8, 4) is 0 Å². The molecule has 0 aromatic heterocycles. The number of carbonyl (C=O) groups is 1. The fourth-order valence-corrected chi connectivity index (χ4v) is 3.08. The molecular weight excluding hydrogens is 359 g/mol. The van der Waals surface area contributed by atoms with Crippen LogP contribution >= 0.6 is 23.4 Å². The fraction of sp³-hybridized carbons (Fsp3) is 0.235. The van der Waals surface area contributed by atoms with Crippen LogP contribution in [0.15, 0.2) is 53.4 Å². The normalized spacial score (nSPS) is 12.7. The lowest BCUT2D eigenvalue weighted by molar-refractivity contribution is -0.137. The van der Waals surface area contributed by atoms with Gasteiger partial charge in [-0.1, -0.05) is 24.6 Å². The van der Waals surface area contributed by atoms with Crippen LogP contribution in [0.3, 0.4) is 0 Å². The van der Waals surface area contributed by atoms with Crippen LogP contribution in [0.5, 0.6) is 0 Å². The van der Waals surface area contributed by atoms with Crippen LogP contribution in [0.2, 0.25) is 5.02 Å². The van der Waals surface area contributed by atoms with E-state index >= 15 is 0 Å². The zero-order valence-electron chi connectivity index (χ0n) is 12.7. The first-order valence-corrected chi connectivity index (χ1v) is 8.45. The Hall–Kier alpha value is -1.66. The zero-order chi connectivity index (χ0) is 17.7. The van der Waals surface area contributed by atoms with Crippen molar-refractivity contribution in [2.24, 2.45) is 0 Å². The summed E-state index contributed by atoms with van der Waals surface area (Å²) in [6.07, 6.45) is -3.90. The van der Waals surface area contributed by atoms with Gasteiger partial charge in [0.25, 0.3) is 0 Å². The fourth-order valence-electron chi connectivity index (χ4n) is 2.00. The van der Waals surface area contributed by atoms with E-state index in [1.165, 1.54) is 23.9 Å². The van der Waals surface area contributed by atoms with Crippen molar-refractivity contribution < 1.29 is 18.0 Å². The molecule has 0 aliphatic rings. The first-order chi connectivity index (χ1) is 11.3. The number of hydrogen-bond donors (Lipinski definition) is 1. The van der Waals surface area contributed by atoms with Gasteiger partial charge in [0.15, 0.2) is 0 Å². The lowest BCUT2D eigenvalue weighted by Gasteiger charge is -2.15. The van der Waals surface area contributed by atoms with E-state index < -0.39 is 17.0 Å². The molecule has 0 saturated heterocycles. The van der Waals surface area contributed by atoms with Crippen molar-refractivity contribution in [2.45, 2.75) is 29.7 Å². The molecule has 24 heavy (non-hydrogen) atoms. The van der Waals surface area contributed by atoms with Crippen molar-refractivity contribution in [2.75, 3.05) is 5.32 Å². The molecular formula is C17H15ClF3NOS. The summed E-state index contributed by atoms with van der Waals surface area (Å²) in [5, 5.41) is 2.73. The molecule has 2 aromatic carbocycles. The minimum absolute atomic E-state index is 0.130. The second-order valence-electron chi connectivity index (χ2n) is 5.04. The molecule has 2 rings (SSSR count). The van der Waals surface area contributed by atoms with Crippen LogP contribution in [-0.4, -0.2) is 11.2 Å². The predicted molar refractivity (Wildman–Crippen MR) is 91.5 cm³/mol. The summed E-state index contributed by atoms with van der Waals surface area (Å²) in [4.78, 5) is 13.2. The molecule has 0 heterocycles. The molecule has 7 heteroatoms. The lowest BCUT2D eigenvalue weighted by Crippen LogP contribution is -2.24. The number of anilines is 1. The maximum atomic E-state index is 12.7. The third-order valence-electron chi connectivity index (χ3n) is 3.21. The monoisotopic (exact) mass is 373 g/mol. The van der Waals surface area contributed by atoms with Gasteiger partial charge >= 0.3 is 6.18 Å². The molecule has 0 aliphatic heterocycles. The minimum Gasteiger partial charge on any atom is -0.325 e. The standard InChI is InChI=1S/C17H15ClF3NOS/c1-2-15(24-14-8-6-12(18)7-9-14)16(23)22-13-5-3-4-11(10-13)17(19,20)21/h3-10,15H,2H2,1H3,(H,22,23)/t15-/m1/s1. The third kappa shape index (κ3) is 5.18. The van der Waals surface area contributed by atoms with Crippen LogP contribution in [0.1, 0.15) is 18.9 Å². The van der Waals surface area contributed by atoms with E-state index in [-0.39, 0.29) is 11.6 Å². The Morgan fingerprint density at radius 2 is 1.88 bits per heavy atom. The predicted octanol–water partition coefficient (Wildman–Crippen LogP) is 5.87. The Labute approximate surface area is 147 Å². The van der Waals surface area contributed by atoms with Gasteiger partial charge in [-0.3, -0.25) is 4.79 Å². The number of alkyl halides is 3. The highest BCUT2D eigenvalue weighted by molar-refractivity contribution is 8.00. The van der Waals surface area contributed by atoms with Gasteiger partial charge < -0.3 is 5.32 Å². The molecule has 1 N–H and O–H groups in total. The Balaban J connectivity index is 2.08. The van der Waals surface area contributed by atoms with E-state index in [4.69, 9.17) is 11.6 Å². The lowest BCUT2D eigenvalue weighted by atomic mass is 10.2. The smallest absolute Gasteiger partial charge is 0.325 e. The maximum absolute atomic E-state index is 12.7. The van der Waals surface area contributed by atoms with E-state index in [9.17, 15) is 18.0 Å². The van der Waals surface area contributed by atoms with E-state index in [1.807, 2.05) is 6.92 Å². The number of rotatable bonds is 5. The topological polar surface area (TPSA) is 29.1 Å². The zero-order valence-corrected chi connectivity index (χ0v) is 14.3. The van der Waals surface area contributed by atoms with Crippen LogP contribution in [0.25, 0.3) is 0 Å². The Morgan fingerprint density at radius 1 is 1.21 bits per heavy atom. The van der Waals surface area contributed by atoms with Gasteiger partial charge in [0, 0.05) is 15.6 Å². The second kappa shape index (κ2) is 7.94. The molecule has 0 bridgehead atoms. The summed E-state index contributed by atoms with van der Waals surface area (Å²) in [7, 11) is 0. The van der Waals surface area contributed by atoms with E-state index in [2.05, 4.69) is 5.32 Å². The van der Waals surface area contributed by atoms with Crippen molar-refractivity contribution in [3.63, 3.8) is 0 Å². The highest BCUT2D eigenvalue weighted by atomic mass is 35.5. The van der Waals surface area contributed by atoms with Gasteiger partial charge in [-0.05, 0) is 48.9 Å². The van der Waals surface area contributed by atoms with Crippen molar-refractivity contribution in [1.29, 1.82) is 0 Å². The number of benzene rings is 2. The van der Waals surface area contributed by atoms with Gasteiger partial charge in [0.2, 0.25) is 5.91 Å². The highest BCUT2D eigenvalue weighted by Crippen LogP contribution is 2.31. The molecule has 0 fully saturated rings. The van der Waals surface area contributed by atoms with Gasteiger partial charge in [-0.2, -0.15) is 13.2 Å². The van der Waals surface area contributed by atoms with Crippen LogP contribution < -0.4 is 5.32 Å². The van der Waals surface area contributed by atoms with E-state index in [0.717, 1.165) is 17.0 Å². The summed E-state index contributed by atoms with van der Waals surface area (Å²) in [5.41, 5.74) is -0.663. The first kappa shape index (κ1) is 18.7. The molecule has 2 aromatic rings. The van der Waals surface area contributed by atoms with Crippen molar-refractivity contribution >= 4 is 35.0 Å². The van der Waals surface area contributed by atoms with Gasteiger partial charge in [-0.25, -0.2) is 0 Å².